The third-order valence-corrected chi connectivity index (χ3v) is 2.08. The minimum absolute atomic E-state index is 0.00856. The van der Waals surface area contributed by atoms with E-state index in [1.54, 1.807) is 0 Å². The van der Waals surface area contributed by atoms with Gasteiger partial charge in [-0.05, 0) is 25.3 Å². The van der Waals surface area contributed by atoms with Crippen LogP contribution in [0.2, 0.25) is 0 Å². The normalized spacial score (nSPS) is 12.5. The van der Waals surface area contributed by atoms with Gasteiger partial charge in [0.05, 0.1) is 0 Å². The second-order valence-corrected chi connectivity index (χ2v) is 4.25. The van der Waals surface area contributed by atoms with Crippen LogP contribution in [0.3, 0.4) is 0 Å². The van der Waals surface area contributed by atoms with Crippen molar-refractivity contribution in [3.8, 4) is 0 Å². The lowest BCUT2D eigenvalue weighted by Crippen LogP contribution is -2.19. The number of hydrogen-bond donors (Lipinski definition) is 2. The van der Waals surface area contributed by atoms with Crippen LogP contribution in [0, 0.1) is 5.92 Å². The highest BCUT2D eigenvalue weighted by molar-refractivity contribution is 5.85. The monoisotopic (exact) mass is 223 g/mol. The highest BCUT2D eigenvalue weighted by Gasteiger charge is 2.09. The van der Waals surface area contributed by atoms with Crippen molar-refractivity contribution in [3.05, 3.63) is 18.0 Å². The zero-order chi connectivity index (χ0) is 12.1. The predicted molar refractivity (Wildman–Crippen MR) is 61.5 cm³/mol. The largest absolute Gasteiger partial charge is 0.477 e. The second kappa shape index (κ2) is 5.44. The Morgan fingerprint density at radius 2 is 2.19 bits per heavy atom. The van der Waals surface area contributed by atoms with E-state index in [2.05, 4.69) is 29.1 Å². The average molecular weight is 223 g/mol. The maximum absolute atomic E-state index is 10.7. The summed E-state index contributed by atoms with van der Waals surface area (Å²) in [5.41, 5.74) is 0.00856. The number of rotatable bonds is 5. The fourth-order valence-corrected chi connectivity index (χ4v) is 1.53. The van der Waals surface area contributed by atoms with E-state index in [1.165, 1.54) is 12.3 Å². The SMILES string of the molecule is CC(C)CC(C)Nc1nccc(C(=O)O)n1. The van der Waals surface area contributed by atoms with E-state index in [1.807, 2.05) is 6.92 Å². The molecular formula is C11H17N3O2. The molecule has 1 heterocycles. The third kappa shape index (κ3) is 3.84. The molecule has 0 radical (unpaired) electrons. The van der Waals surface area contributed by atoms with Gasteiger partial charge in [0.2, 0.25) is 5.95 Å². The molecule has 1 aromatic rings. The van der Waals surface area contributed by atoms with Crippen LogP contribution < -0.4 is 5.32 Å². The van der Waals surface area contributed by atoms with Gasteiger partial charge in [0.25, 0.3) is 0 Å². The van der Waals surface area contributed by atoms with Gasteiger partial charge in [0.15, 0.2) is 5.69 Å². The molecule has 0 bridgehead atoms. The number of aromatic nitrogens is 2. The summed E-state index contributed by atoms with van der Waals surface area (Å²) in [6, 6.07) is 1.60. The number of anilines is 1. The first kappa shape index (κ1) is 12.4. The summed E-state index contributed by atoms with van der Waals surface area (Å²) in [6.07, 6.45) is 2.43. The molecule has 0 saturated heterocycles. The van der Waals surface area contributed by atoms with Gasteiger partial charge in [-0.2, -0.15) is 0 Å². The Hall–Kier alpha value is -1.65. The van der Waals surface area contributed by atoms with Gasteiger partial charge in [-0.25, -0.2) is 14.8 Å². The molecule has 1 rings (SSSR count). The van der Waals surface area contributed by atoms with E-state index < -0.39 is 5.97 Å². The van der Waals surface area contributed by atoms with Crippen LogP contribution in [0.25, 0.3) is 0 Å². The topological polar surface area (TPSA) is 75.1 Å². The Morgan fingerprint density at radius 1 is 1.50 bits per heavy atom. The molecule has 16 heavy (non-hydrogen) atoms. The van der Waals surface area contributed by atoms with Gasteiger partial charge in [-0.1, -0.05) is 13.8 Å². The summed E-state index contributed by atoms with van der Waals surface area (Å²) in [6.45, 7) is 6.29. The van der Waals surface area contributed by atoms with E-state index in [-0.39, 0.29) is 11.7 Å². The van der Waals surface area contributed by atoms with Crippen molar-refractivity contribution in [2.45, 2.75) is 33.2 Å². The smallest absolute Gasteiger partial charge is 0.354 e. The van der Waals surface area contributed by atoms with Gasteiger partial charge in [0, 0.05) is 12.2 Å². The molecule has 0 aliphatic carbocycles. The van der Waals surface area contributed by atoms with Crippen LogP contribution in [0.4, 0.5) is 5.95 Å². The van der Waals surface area contributed by atoms with Crippen molar-refractivity contribution in [2.24, 2.45) is 5.92 Å². The van der Waals surface area contributed by atoms with Crippen molar-refractivity contribution < 1.29 is 9.90 Å². The fraction of sp³-hybridized carbons (Fsp3) is 0.545. The number of carboxylic acids is 1. The summed E-state index contributed by atoms with van der Waals surface area (Å²) in [7, 11) is 0. The second-order valence-electron chi connectivity index (χ2n) is 4.25. The van der Waals surface area contributed by atoms with Gasteiger partial charge < -0.3 is 10.4 Å². The van der Waals surface area contributed by atoms with Crippen LogP contribution in [0.5, 0.6) is 0 Å². The quantitative estimate of drug-likeness (QED) is 0.798. The minimum atomic E-state index is -1.04. The van der Waals surface area contributed by atoms with E-state index in [4.69, 9.17) is 5.11 Å². The molecule has 0 fully saturated rings. The van der Waals surface area contributed by atoms with E-state index in [0.29, 0.717) is 11.9 Å². The highest BCUT2D eigenvalue weighted by Crippen LogP contribution is 2.09. The Kier molecular flexibility index (Phi) is 4.22. The van der Waals surface area contributed by atoms with Crippen LogP contribution in [-0.2, 0) is 0 Å². The molecule has 0 amide bonds. The molecule has 1 atom stereocenters. The number of hydrogen-bond acceptors (Lipinski definition) is 4. The number of carboxylic acid groups (broad SMARTS) is 1. The van der Waals surface area contributed by atoms with Gasteiger partial charge >= 0.3 is 5.97 Å². The fourth-order valence-electron chi connectivity index (χ4n) is 1.53. The summed E-state index contributed by atoms with van der Waals surface area (Å²) in [4.78, 5) is 18.6. The van der Waals surface area contributed by atoms with Crippen molar-refractivity contribution >= 4 is 11.9 Å². The van der Waals surface area contributed by atoms with Crippen LogP contribution in [-0.4, -0.2) is 27.1 Å². The number of nitrogens with zero attached hydrogens (tertiary/aromatic N) is 2. The Morgan fingerprint density at radius 3 is 2.75 bits per heavy atom. The molecule has 1 unspecified atom stereocenters. The maximum atomic E-state index is 10.7. The summed E-state index contributed by atoms with van der Waals surface area (Å²) >= 11 is 0. The Bertz CT molecular complexity index is 366. The number of carbonyl (C=O) groups is 1. The van der Waals surface area contributed by atoms with Crippen LogP contribution in [0.1, 0.15) is 37.7 Å². The minimum Gasteiger partial charge on any atom is -0.477 e. The van der Waals surface area contributed by atoms with Gasteiger partial charge in [-0.3, -0.25) is 0 Å². The van der Waals surface area contributed by atoms with Gasteiger partial charge in [-0.15, -0.1) is 0 Å². The van der Waals surface area contributed by atoms with Crippen molar-refractivity contribution in [2.75, 3.05) is 5.32 Å². The number of aromatic carboxylic acids is 1. The Labute approximate surface area is 94.9 Å². The van der Waals surface area contributed by atoms with Crippen molar-refractivity contribution in [1.29, 1.82) is 0 Å². The molecule has 0 spiro atoms. The van der Waals surface area contributed by atoms with Crippen molar-refractivity contribution in [1.82, 2.24) is 9.97 Å². The summed E-state index contributed by atoms with van der Waals surface area (Å²) in [5.74, 6) is -0.0971. The predicted octanol–water partition coefficient (Wildman–Crippen LogP) is 2.02. The molecule has 0 saturated carbocycles. The zero-order valence-corrected chi connectivity index (χ0v) is 9.77. The first-order valence-electron chi connectivity index (χ1n) is 5.32. The highest BCUT2D eigenvalue weighted by atomic mass is 16.4. The lowest BCUT2D eigenvalue weighted by Gasteiger charge is -2.15. The van der Waals surface area contributed by atoms with E-state index in [9.17, 15) is 4.79 Å². The van der Waals surface area contributed by atoms with Crippen LogP contribution >= 0.6 is 0 Å². The first-order chi connectivity index (χ1) is 7.49. The molecule has 88 valence electrons. The number of nitrogens with one attached hydrogen (secondary N) is 1. The lowest BCUT2D eigenvalue weighted by atomic mass is 10.1. The molecule has 2 N–H and O–H groups in total. The van der Waals surface area contributed by atoms with E-state index in [0.717, 1.165) is 6.42 Å². The Balaban J connectivity index is 2.66. The average Bonchev–Trinajstić information content (AvgIpc) is 2.16. The third-order valence-electron chi connectivity index (χ3n) is 2.08. The van der Waals surface area contributed by atoms with Crippen molar-refractivity contribution in [3.63, 3.8) is 0 Å². The lowest BCUT2D eigenvalue weighted by molar-refractivity contribution is 0.0690. The van der Waals surface area contributed by atoms with E-state index >= 15 is 0 Å². The standard InChI is InChI=1S/C11H17N3O2/c1-7(2)6-8(3)13-11-12-5-4-9(14-11)10(15)16/h4-5,7-8H,6H2,1-3H3,(H,15,16)(H,12,13,14). The summed E-state index contributed by atoms with van der Waals surface area (Å²) < 4.78 is 0. The zero-order valence-electron chi connectivity index (χ0n) is 9.77. The molecule has 5 heteroatoms. The molecule has 0 aromatic carbocycles. The maximum Gasteiger partial charge on any atom is 0.354 e. The first-order valence-corrected chi connectivity index (χ1v) is 5.32. The molecule has 5 nitrogen and oxygen atoms in total. The molecular weight excluding hydrogens is 206 g/mol. The summed E-state index contributed by atoms with van der Waals surface area (Å²) in [5, 5.41) is 11.9. The molecule has 1 aromatic heterocycles. The van der Waals surface area contributed by atoms with Crippen LogP contribution in [0.15, 0.2) is 12.3 Å². The molecule has 0 aliphatic rings. The van der Waals surface area contributed by atoms with Gasteiger partial charge in [0.1, 0.15) is 0 Å². The molecule has 0 aliphatic heterocycles.